The minimum Gasteiger partial charge on any atom is -0.478 e. The van der Waals surface area contributed by atoms with Crippen molar-refractivity contribution in [2.45, 2.75) is 24.9 Å². The Kier molecular flexibility index (Phi) is 4.18. The molecule has 0 bridgehead atoms. The summed E-state index contributed by atoms with van der Waals surface area (Å²) in [6.45, 7) is 1.91. The summed E-state index contributed by atoms with van der Waals surface area (Å²) in [4.78, 5) is 14.7. The number of aromatic nitrogens is 2. The highest BCUT2D eigenvalue weighted by Gasteiger charge is 2.38. The zero-order valence-electron chi connectivity index (χ0n) is 11.3. The molecule has 1 aromatic carbocycles. The van der Waals surface area contributed by atoms with Crippen molar-refractivity contribution in [3.05, 3.63) is 29.6 Å². The Balaban J connectivity index is 2.73. The molecule has 0 saturated heterocycles. The second-order valence-corrected chi connectivity index (χ2v) is 5.84. The number of nitrogens with zero attached hydrogens (tertiary/aromatic N) is 2. The zero-order chi connectivity index (χ0) is 15.8. The summed E-state index contributed by atoms with van der Waals surface area (Å²) in [6, 6.07) is 4.13. The number of rotatable bonds is 4. The first kappa shape index (κ1) is 15.7. The number of imidazole rings is 1. The van der Waals surface area contributed by atoms with Crippen molar-refractivity contribution in [2.24, 2.45) is 0 Å². The summed E-state index contributed by atoms with van der Waals surface area (Å²) < 4.78 is 40.5. The minimum absolute atomic E-state index is 0.0583. The number of carbonyl (C=O) groups is 1. The van der Waals surface area contributed by atoms with Gasteiger partial charge in [0.2, 0.25) is 5.82 Å². The van der Waals surface area contributed by atoms with Crippen molar-refractivity contribution >= 4 is 28.8 Å². The molecule has 21 heavy (non-hydrogen) atoms. The quantitative estimate of drug-likeness (QED) is 0.937. The Labute approximate surface area is 123 Å². The van der Waals surface area contributed by atoms with Crippen LogP contribution in [-0.2, 0) is 12.7 Å². The van der Waals surface area contributed by atoms with Gasteiger partial charge in [-0.3, -0.25) is 0 Å². The normalized spacial score (nSPS) is 13.6. The van der Waals surface area contributed by atoms with Gasteiger partial charge in [-0.1, -0.05) is 13.0 Å². The first-order valence-electron chi connectivity index (χ1n) is 6.08. The second kappa shape index (κ2) is 5.59. The van der Waals surface area contributed by atoms with Crippen LogP contribution < -0.4 is 0 Å². The maximum atomic E-state index is 13.1. The molecule has 1 heterocycles. The van der Waals surface area contributed by atoms with E-state index < -0.39 is 18.0 Å². The fraction of sp³-hybridized carbons (Fsp3) is 0.385. The number of hydrogen-bond donors (Lipinski definition) is 1. The van der Waals surface area contributed by atoms with Crippen molar-refractivity contribution in [3.63, 3.8) is 0 Å². The predicted octanol–water partition coefficient (Wildman–Crippen LogP) is 3.50. The smallest absolute Gasteiger partial charge is 0.449 e. The number of para-hydroxylation sites is 1. The second-order valence-electron chi connectivity index (χ2n) is 4.57. The van der Waals surface area contributed by atoms with Crippen LogP contribution in [0.5, 0.6) is 0 Å². The van der Waals surface area contributed by atoms with Gasteiger partial charge in [0.05, 0.1) is 11.1 Å². The van der Waals surface area contributed by atoms with Crippen molar-refractivity contribution in [1.82, 2.24) is 9.55 Å². The fourth-order valence-electron chi connectivity index (χ4n) is 2.05. The molecule has 4 nitrogen and oxygen atoms in total. The Morgan fingerprint density at radius 1 is 1.48 bits per heavy atom. The number of benzene rings is 1. The third-order valence-electron chi connectivity index (χ3n) is 3.10. The maximum absolute atomic E-state index is 13.1. The number of hydrogen-bond acceptors (Lipinski definition) is 3. The van der Waals surface area contributed by atoms with Crippen molar-refractivity contribution in [1.29, 1.82) is 0 Å². The third-order valence-corrected chi connectivity index (χ3v) is 4.06. The molecule has 0 aliphatic rings. The van der Waals surface area contributed by atoms with E-state index in [1.54, 1.807) is 13.2 Å². The Bertz CT molecular complexity index is 682. The highest BCUT2D eigenvalue weighted by Crippen LogP contribution is 2.33. The van der Waals surface area contributed by atoms with E-state index in [9.17, 15) is 18.0 Å². The van der Waals surface area contributed by atoms with Crippen LogP contribution in [0.25, 0.3) is 11.0 Å². The number of halogens is 3. The molecule has 1 N–H and O–H groups in total. The lowest BCUT2D eigenvalue weighted by Crippen LogP contribution is -2.18. The number of thioether (sulfide) groups is 1. The molecule has 0 fully saturated rings. The van der Waals surface area contributed by atoms with Crippen molar-refractivity contribution < 1.29 is 23.1 Å². The summed E-state index contributed by atoms with van der Waals surface area (Å²) >= 11 is 1.43. The van der Waals surface area contributed by atoms with E-state index in [4.69, 9.17) is 5.11 Å². The van der Waals surface area contributed by atoms with Crippen LogP contribution in [0.3, 0.4) is 0 Å². The summed E-state index contributed by atoms with van der Waals surface area (Å²) in [5.41, 5.74) is -0.178. The van der Waals surface area contributed by atoms with Gasteiger partial charge in [0.25, 0.3) is 0 Å². The zero-order valence-corrected chi connectivity index (χ0v) is 12.1. The summed E-state index contributed by atoms with van der Waals surface area (Å²) in [5, 5.41) is 9.02. The molecule has 0 aliphatic carbocycles. The summed E-state index contributed by atoms with van der Waals surface area (Å²) in [5.74, 6) is -2.36. The van der Waals surface area contributed by atoms with Gasteiger partial charge < -0.3 is 9.67 Å². The standard InChI is InChI=1S/C13H13F3N2O2S/c1-7(21-2)6-18-9-5-3-4-8(11(19)20)10(9)17-12(18)13(14,15)16/h3-5,7H,6H2,1-2H3,(H,19,20). The molecule has 0 amide bonds. The SMILES string of the molecule is CSC(C)Cn1c(C(F)(F)F)nc2c(C(=O)O)cccc21. The average molecular weight is 318 g/mol. The van der Waals surface area contributed by atoms with E-state index in [0.717, 1.165) is 4.57 Å². The highest BCUT2D eigenvalue weighted by molar-refractivity contribution is 7.99. The highest BCUT2D eigenvalue weighted by atomic mass is 32.2. The van der Waals surface area contributed by atoms with Gasteiger partial charge >= 0.3 is 12.1 Å². The van der Waals surface area contributed by atoms with Gasteiger partial charge in [0, 0.05) is 11.8 Å². The molecule has 0 saturated carbocycles. The molecule has 1 atom stereocenters. The first-order chi connectivity index (χ1) is 9.75. The molecule has 2 rings (SSSR count). The molecule has 1 aromatic heterocycles. The van der Waals surface area contributed by atoms with Gasteiger partial charge in [0.1, 0.15) is 5.52 Å². The molecule has 114 valence electrons. The fourth-order valence-corrected chi connectivity index (χ4v) is 2.35. The van der Waals surface area contributed by atoms with Gasteiger partial charge in [-0.25, -0.2) is 9.78 Å². The van der Waals surface area contributed by atoms with Crippen LogP contribution in [0.15, 0.2) is 18.2 Å². The van der Waals surface area contributed by atoms with E-state index in [2.05, 4.69) is 4.98 Å². The molecule has 0 spiro atoms. The molecular weight excluding hydrogens is 305 g/mol. The average Bonchev–Trinajstić information content (AvgIpc) is 2.77. The van der Waals surface area contributed by atoms with Crippen LogP contribution in [0.1, 0.15) is 23.1 Å². The molecule has 1 unspecified atom stereocenters. The largest absolute Gasteiger partial charge is 0.478 e. The van der Waals surface area contributed by atoms with E-state index in [-0.39, 0.29) is 28.4 Å². The Morgan fingerprint density at radius 2 is 2.14 bits per heavy atom. The third kappa shape index (κ3) is 2.99. The van der Waals surface area contributed by atoms with Crippen LogP contribution >= 0.6 is 11.8 Å². The predicted molar refractivity (Wildman–Crippen MR) is 74.7 cm³/mol. The number of carboxylic acid groups (broad SMARTS) is 1. The topological polar surface area (TPSA) is 55.1 Å². The molecule has 0 radical (unpaired) electrons. The van der Waals surface area contributed by atoms with Gasteiger partial charge in [0.15, 0.2) is 0 Å². The molecular formula is C13H13F3N2O2S. The summed E-state index contributed by atoms with van der Waals surface area (Å²) in [6.07, 6.45) is -2.83. The van der Waals surface area contributed by atoms with Gasteiger partial charge in [-0.2, -0.15) is 24.9 Å². The van der Waals surface area contributed by atoms with E-state index in [1.807, 2.05) is 0 Å². The molecule has 0 aliphatic heterocycles. The number of alkyl halides is 3. The Hall–Kier alpha value is -1.70. The van der Waals surface area contributed by atoms with Crippen LogP contribution in [0, 0.1) is 0 Å². The van der Waals surface area contributed by atoms with Gasteiger partial charge in [-0.05, 0) is 18.4 Å². The van der Waals surface area contributed by atoms with Crippen LogP contribution in [0.2, 0.25) is 0 Å². The van der Waals surface area contributed by atoms with Gasteiger partial charge in [-0.15, -0.1) is 0 Å². The lowest BCUT2D eigenvalue weighted by atomic mass is 10.2. The number of carboxylic acids is 1. The van der Waals surface area contributed by atoms with Crippen molar-refractivity contribution in [3.8, 4) is 0 Å². The van der Waals surface area contributed by atoms with Crippen LogP contribution in [0.4, 0.5) is 13.2 Å². The van der Waals surface area contributed by atoms with E-state index in [0.29, 0.717) is 0 Å². The monoisotopic (exact) mass is 318 g/mol. The maximum Gasteiger partial charge on any atom is 0.449 e. The van der Waals surface area contributed by atoms with E-state index in [1.165, 1.54) is 30.0 Å². The number of aromatic carboxylic acids is 1. The molecule has 2 aromatic rings. The first-order valence-corrected chi connectivity index (χ1v) is 7.37. The minimum atomic E-state index is -4.63. The van der Waals surface area contributed by atoms with Crippen LogP contribution in [-0.4, -0.2) is 32.1 Å². The summed E-state index contributed by atoms with van der Waals surface area (Å²) in [7, 11) is 0. The number of fused-ring (bicyclic) bond motifs is 1. The molecule has 8 heteroatoms. The van der Waals surface area contributed by atoms with Crippen molar-refractivity contribution in [2.75, 3.05) is 6.26 Å². The Morgan fingerprint density at radius 3 is 2.67 bits per heavy atom. The van der Waals surface area contributed by atoms with E-state index >= 15 is 0 Å². The lowest BCUT2D eigenvalue weighted by Gasteiger charge is -2.14. The lowest BCUT2D eigenvalue weighted by molar-refractivity contribution is -0.146.